The summed E-state index contributed by atoms with van der Waals surface area (Å²) in [5, 5.41) is 9.13. The molecule has 4 heteroatoms. The van der Waals surface area contributed by atoms with Crippen LogP contribution in [0.15, 0.2) is 16.9 Å². The van der Waals surface area contributed by atoms with Crippen molar-refractivity contribution in [3.05, 3.63) is 33.7 Å². The Labute approximate surface area is 101 Å². The monoisotopic (exact) mass is 237 g/mol. The van der Waals surface area contributed by atoms with E-state index in [9.17, 15) is 9.59 Å². The summed E-state index contributed by atoms with van der Waals surface area (Å²) in [6.07, 6.45) is 1.50. The molecular weight excluding hydrogens is 218 g/mol. The molecule has 0 aliphatic rings. The summed E-state index contributed by atoms with van der Waals surface area (Å²) in [7, 11) is 0. The van der Waals surface area contributed by atoms with E-state index >= 15 is 0 Å². The lowest BCUT2D eigenvalue weighted by Gasteiger charge is -2.18. The molecule has 0 aliphatic carbocycles. The van der Waals surface area contributed by atoms with Crippen molar-refractivity contribution in [2.75, 3.05) is 0 Å². The van der Waals surface area contributed by atoms with E-state index in [4.69, 9.17) is 5.11 Å². The molecule has 0 aromatic carbocycles. The summed E-state index contributed by atoms with van der Waals surface area (Å²) in [5.74, 6) is -1.16. The molecule has 0 saturated carbocycles. The van der Waals surface area contributed by atoms with Gasteiger partial charge in [0, 0.05) is 30.1 Å². The zero-order chi connectivity index (χ0) is 13.0. The molecule has 1 aromatic rings. The van der Waals surface area contributed by atoms with Crippen molar-refractivity contribution in [3.8, 4) is 0 Å². The number of hydrogen-bond acceptors (Lipinski definition) is 2. The van der Waals surface area contributed by atoms with Gasteiger partial charge in [-0.2, -0.15) is 0 Å². The number of nitrogens with zero attached hydrogens (tertiary/aromatic N) is 1. The Morgan fingerprint density at radius 2 is 1.88 bits per heavy atom. The molecule has 1 rings (SSSR count). The lowest BCUT2D eigenvalue weighted by molar-refractivity contribution is -0.142. The Balaban J connectivity index is 3.01. The van der Waals surface area contributed by atoms with Gasteiger partial charge in [0.05, 0.1) is 5.92 Å². The highest BCUT2D eigenvalue weighted by atomic mass is 16.4. The third-order valence-electron chi connectivity index (χ3n) is 2.94. The Morgan fingerprint density at radius 3 is 2.29 bits per heavy atom. The molecule has 4 nitrogen and oxygen atoms in total. The van der Waals surface area contributed by atoms with E-state index in [1.54, 1.807) is 0 Å². The van der Waals surface area contributed by atoms with Gasteiger partial charge in [0.2, 0.25) is 0 Å². The van der Waals surface area contributed by atoms with Gasteiger partial charge < -0.3 is 9.67 Å². The van der Waals surface area contributed by atoms with E-state index in [-0.39, 0.29) is 11.3 Å². The van der Waals surface area contributed by atoms with Gasteiger partial charge in [-0.15, -0.1) is 0 Å². The van der Waals surface area contributed by atoms with Crippen LogP contribution in [0.3, 0.4) is 0 Å². The first kappa shape index (κ1) is 13.5. The molecule has 0 fully saturated rings. The van der Waals surface area contributed by atoms with Crippen LogP contribution in [-0.4, -0.2) is 15.6 Å². The van der Waals surface area contributed by atoms with Crippen molar-refractivity contribution in [2.45, 2.75) is 40.2 Å². The van der Waals surface area contributed by atoms with Gasteiger partial charge in [-0.1, -0.05) is 13.3 Å². The minimum absolute atomic E-state index is 0.0291. The third kappa shape index (κ3) is 3.44. The van der Waals surface area contributed by atoms with Crippen molar-refractivity contribution in [1.29, 1.82) is 0 Å². The summed E-state index contributed by atoms with van der Waals surface area (Å²) >= 11 is 0. The zero-order valence-corrected chi connectivity index (χ0v) is 10.6. The first-order chi connectivity index (χ1) is 7.95. The number of carboxylic acids is 1. The van der Waals surface area contributed by atoms with Crippen LogP contribution < -0.4 is 5.43 Å². The van der Waals surface area contributed by atoms with Crippen molar-refractivity contribution in [2.24, 2.45) is 5.92 Å². The maximum Gasteiger partial charge on any atom is 0.308 e. The number of pyridine rings is 1. The van der Waals surface area contributed by atoms with E-state index < -0.39 is 5.97 Å². The Kier molecular flexibility index (Phi) is 4.49. The first-order valence-electron chi connectivity index (χ1n) is 5.86. The normalized spacial score (nSPS) is 12.4. The quantitative estimate of drug-likeness (QED) is 0.851. The fraction of sp³-hybridized carbons (Fsp3) is 0.538. The molecular formula is C13H19NO3. The van der Waals surface area contributed by atoms with Crippen LogP contribution in [0.1, 0.15) is 31.2 Å². The van der Waals surface area contributed by atoms with Crippen LogP contribution in [0.25, 0.3) is 0 Å². The highest BCUT2D eigenvalue weighted by molar-refractivity contribution is 5.69. The summed E-state index contributed by atoms with van der Waals surface area (Å²) in [4.78, 5) is 22.4. The molecule has 1 N–H and O–H groups in total. The highest BCUT2D eigenvalue weighted by Crippen LogP contribution is 2.13. The predicted octanol–water partition coefficient (Wildman–Crippen LogP) is 1.97. The minimum atomic E-state index is -0.774. The molecule has 1 unspecified atom stereocenters. The average molecular weight is 237 g/mol. The van der Waals surface area contributed by atoms with E-state index in [1.807, 2.05) is 25.3 Å². The maximum absolute atomic E-state index is 11.3. The highest BCUT2D eigenvalue weighted by Gasteiger charge is 2.18. The van der Waals surface area contributed by atoms with Gasteiger partial charge in [-0.25, -0.2) is 0 Å². The SMILES string of the molecule is CCCC(Cn1c(C)cc(=O)cc1C)C(=O)O. The van der Waals surface area contributed by atoms with Crippen LogP contribution in [0, 0.1) is 19.8 Å². The van der Waals surface area contributed by atoms with E-state index in [0.29, 0.717) is 13.0 Å². The predicted molar refractivity (Wildman–Crippen MR) is 66.2 cm³/mol. The topological polar surface area (TPSA) is 59.3 Å². The van der Waals surface area contributed by atoms with Crippen LogP contribution in [0.5, 0.6) is 0 Å². The van der Waals surface area contributed by atoms with Gasteiger partial charge in [0.25, 0.3) is 0 Å². The largest absolute Gasteiger partial charge is 0.481 e. The standard InChI is InChI=1S/C13H19NO3/c1-4-5-11(13(16)17)8-14-9(2)6-12(15)7-10(14)3/h6-7,11H,4-5,8H2,1-3H3,(H,16,17). The molecule has 1 aromatic heterocycles. The lowest BCUT2D eigenvalue weighted by atomic mass is 10.0. The molecule has 0 radical (unpaired) electrons. The van der Waals surface area contributed by atoms with Gasteiger partial charge in [-0.05, 0) is 20.3 Å². The number of carboxylic acid groups (broad SMARTS) is 1. The summed E-state index contributed by atoms with van der Waals surface area (Å²) in [6, 6.07) is 3.08. The van der Waals surface area contributed by atoms with E-state index in [1.165, 1.54) is 12.1 Å². The van der Waals surface area contributed by atoms with Crippen molar-refractivity contribution in [3.63, 3.8) is 0 Å². The number of aliphatic carboxylic acids is 1. The van der Waals surface area contributed by atoms with E-state index in [2.05, 4.69) is 0 Å². The Hall–Kier alpha value is -1.58. The molecule has 0 spiro atoms. The van der Waals surface area contributed by atoms with E-state index in [0.717, 1.165) is 17.8 Å². The molecule has 0 bridgehead atoms. The summed E-state index contributed by atoms with van der Waals surface area (Å²) < 4.78 is 1.90. The van der Waals surface area contributed by atoms with Gasteiger partial charge in [0.1, 0.15) is 0 Å². The number of rotatable bonds is 5. The maximum atomic E-state index is 11.3. The molecule has 1 heterocycles. The molecule has 1 atom stereocenters. The van der Waals surface area contributed by atoms with Crippen molar-refractivity contribution >= 4 is 5.97 Å². The molecule has 0 saturated heterocycles. The second kappa shape index (κ2) is 5.66. The Morgan fingerprint density at radius 1 is 1.35 bits per heavy atom. The van der Waals surface area contributed by atoms with Crippen molar-refractivity contribution in [1.82, 2.24) is 4.57 Å². The second-order valence-electron chi connectivity index (χ2n) is 4.41. The number of aromatic nitrogens is 1. The van der Waals surface area contributed by atoms with Gasteiger partial charge in [-0.3, -0.25) is 9.59 Å². The third-order valence-corrected chi connectivity index (χ3v) is 2.94. The molecule has 94 valence electrons. The molecule has 0 aliphatic heterocycles. The van der Waals surface area contributed by atoms with Gasteiger partial charge >= 0.3 is 5.97 Å². The molecule has 17 heavy (non-hydrogen) atoms. The number of carbonyl (C=O) groups is 1. The van der Waals surface area contributed by atoms with Crippen LogP contribution in [0.2, 0.25) is 0 Å². The zero-order valence-electron chi connectivity index (χ0n) is 10.6. The fourth-order valence-electron chi connectivity index (χ4n) is 2.04. The van der Waals surface area contributed by atoms with Crippen LogP contribution in [-0.2, 0) is 11.3 Å². The molecule has 0 amide bonds. The first-order valence-corrected chi connectivity index (χ1v) is 5.86. The van der Waals surface area contributed by atoms with Crippen molar-refractivity contribution < 1.29 is 9.90 Å². The average Bonchev–Trinajstić information content (AvgIpc) is 2.21. The van der Waals surface area contributed by atoms with Gasteiger partial charge in [0.15, 0.2) is 5.43 Å². The summed E-state index contributed by atoms with van der Waals surface area (Å²) in [6.45, 7) is 6.07. The van der Waals surface area contributed by atoms with Crippen LogP contribution in [0.4, 0.5) is 0 Å². The lowest BCUT2D eigenvalue weighted by Crippen LogP contribution is -2.23. The number of hydrogen-bond donors (Lipinski definition) is 1. The Bertz CT molecular complexity index is 436. The minimum Gasteiger partial charge on any atom is -0.481 e. The second-order valence-corrected chi connectivity index (χ2v) is 4.41. The smallest absolute Gasteiger partial charge is 0.308 e. The van der Waals surface area contributed by atoms with Crippen LogP contribution >= 0.6 is 0 Å². The fourth-order valence-corrected chi connectivity index (χ4v) is 2.04. The number of aryl methyl sites for hydroxylation is 2. The summed E-state index contributed by atoms with van der Waals surface area (Å²) in [5.41, 5.74) is 1.60.